The number of amides is 1. The van der Waals surface area contributed by atoms with Crippen molar-refractivity contribution in [3.8, 4) is 0 Å². The zero-order chi connectivity index (χ0) is 22.8. The number of nitrogens with one attached hydrogen (secondary N) is 1. The third-order valence-corrected chi connectivity index (χ3v) is 8.51. The smallest absolute Gasteiger partial charge is 0.243 e. The van der Waals surface area contributed by atoms with E-state index in [1.54, 1.807) is 26.0 Å². The topological polar surface area (TPSA) is 84.3 Å². The quantitative estimate of drug-likeness (QED) is 0.513. The average molecular weight is 461 g/mol. The molecule has 0 aliphatic carbocycles. The molecule has 0 aliphatic heterocycles. The molecule has 1 unspecified atom stereocenters. The van der Waals surface area contributed by atoms with Crippen molar-refractivity contribution >= 4 is 44.4 Å². The van der Waals surface area contributed by atoms with Crippen LogP contribution >= 0.6 is 11.8 Å². The molecule has 0 saturated heterocycles. The van der Waals surface area contributed by atoms with Crippen LogP contribution in [0.5, 0.6) is 0 Å². The number of carbonyl (C=O) groups excluding carboxylic acids is 1. The van der Waals surface area contributed by atoms with Crippen molar-refractivity contribution < 1.29 is 13.2 Å². The second-order valence-corrected chi connectivity index (χ2v) is 10.5. The highest BCUT2D eigenvalue weighted by Crippen LogP contribution is 2.28. The van der Waals surface area contributed by atoms with E-state index in [0.29, 0.717) is 24.3 Å². The maximum absolute atomic E-state index is 12.9. The van der Waals surface area contributed by atoms with Crippen LogP contribution in [0.1, 0.15) is 26.3 Å². The third-order valence-electron chi connectivity index (χ3n) is 5.18. The Morgan fingerprint density at radius 3 is 2.52 bits per heavy atom. The normalized spacial score (nSPS) is 13.0. The first-order valence-corrected chi connectivity index (χ1v) is 12.5. The van der Waals surface area contributed by atoms with Crippen molar-refractivity contribution in [1.29, 1.82) is 0 Å². The van der Waals surface area contributed by atoms with Crippen molar-refractivity contribution in [3.63, 3.8) is 0 Å². The maximum Gasteiger partial charge on any atom is 0.243 e. The van der Waals surface area contributed by atoms with Crippen LogP contribution in [0.2, 0.25) is 0 Å². The molecule has 0 bridgehead atoms. The fourth-order valence-electron chi connectivity index (χ4n) is 3.34. The van der Waals surface area contributed by atoms with E-state index < -0.39 is 15.3 Å². The van der Waals surface area contributed by atoms with E-state index >= 15 is 0 Å². The second kappa shape index (κ2) is 9.42. The number of thioether (sulfide) groups is 1. The van der Waals surface area contributed by atoms with Crippen LogP contribution in [0.25, 0.3) is 11.0 Å². The Morgan fingerprint density at radius 1 is 1.19 bits per heavy atom. The lowest BCUT2D eigenvalue weighted by atomic mass is 10.2. The van der Waals surface area contributed by atoms with Crippen molar-refractivity contribution in [1.82, 2.24) is 13.9 Å². The molecule has 0 fully saturated rings. The first-order chi connectivity index (χ1) is 14.7. The van der Waals surface area contributed by atoms with Gasteiger partial charge in [-0.15, -0.1) is 0 Å². The van der Waals surface area contributed by atoms with E-state index in [-0.39, 0.29) is 10.8 Å². The van der Waals surface area contributed by atoms with Gasteiger partial charge in [-0.1, -0.05) is 43.8 Å². The highest BCUT2D eigenvalue weighted by atomic mass is 32.2. The van der Waals surface area contributed by atoms with Crippen LogP contribution < -0.4 is 5.32 Å². The highest BCUT2D eigenvalue weighted by molar-refractivity contribution is 8.00. The van der Waals surface area contributed by atoms with Gasteiger partial charge in [-0.2, -0.15) is 4.31 Å². The average Bonchev–Trinajstić information content (AvgIpc) is 3.05. The Morgan fingerprint density at radius 2 is 1.87 bits per heavy atom. The summed E-state index contributed by atoms with van der Waals surface area (Å²) in [4.78, 5) is 17.6. The van der Waals surface area contributed by atoms with Crippen molar-refractivity contribution in [2.24, 2.45) is 7.05 Å². The Balaban J connectivity index is 1.79. The van der Waals surface area contributed by atoms with Crippen LogP contribution in [0.4, 0.5) is 5.69 Å². The molecule has 1 aromatic heterocycles. The van der Waals surface area contributed by atoms with Gasteiger partial charge in [-0.25, -0.2) is 13.4 Å². The summed E-state index contributed by atoms with van der Waals surface area (Å²) in [5.41, 5.74) is 2.98. The first-order valence-electron chi connectivity index (χ1n) is 10.2. The second-order valence-electron chi connectivity index (χ2n) is 7.26. The van der Waals surface area contributed by atoms with E-state index in [0.717, 1.165) is 16.2 Å². The monoisotopic (exact) mass is 460 g/mol. The van der Waals surface area contributed by atoms with Crippen LogP contribution in [-0.4, -0.2) is 46.5 Å². The lowest BCUT2D eigenvalue weighted by Gasteiger charge is -2.20. The van der Waals surface area contributed by atoms with Crippen LogP contribution in [0.3, 0.4) is 0 Å². The number of hydrogen-bond donors (Lipinski definition) is 1. The Labute approximate surface area is 187 Å². The molecule has 2 aromatic carbocycles. The Hall–Kier alpha value is -2.36. The highest BCUT2D eigenvalue weighted by Gasteiger charge is 2.25. The van der Waals surface area contributed by atoms with Gasteiger partial charge in [0.2, 0.25) is 15.9 Å². The molecule has 1 atom stereocenters. The number of imidazole rings is 1. The van der Waals surface area contributed by atoms with Crippen LogP contribution in [0, 0.1) is 6.92 Å². The SMILES string of the molecule is CCN(CC)S(=O)(=O)c1cc(NC(=O)C(C)Sc2nc3ccccc3n2C)ccc1C. The van der Waals surface area contributed by atoms with Gasteiger partial charge in [-0.05, 0) is 43.7 Å². The fraction of sp³-hybridized carbons (Fsp3) is 0.364. The molecule has 3 aromatic rings. The van der Waals surface area contributed by atoms with Crippen molar-refractivity contribution in [2.75, 3.05) is 18.4 Å². The van der Waals surface area contributed by atoms with Crippen molar-refractivity contribution in [3.05, 3.63) is 48.0 Å². The number of hydrogen-bond acceptors (Lipinski definition) is 5. The van der Waals surface area contributed by atoms with Gasteiger partial charge < -0.3 is 9.88 Å². The molecule has 31 heavy (non-hydrogen) atoms. The molecular weight excluding hydrogens is 432 g/mol. The molecular formula is C22H28N4O3S2. The van der Waals surface area contributed by atoms with Crippen molar-refractivity contribution in [2.45, 2.75) is 43.0 Å². The van der Waals surface area contributed by atoms with Crippen LogP contribution in [0.15, 0.2) is 52.5 Å². The molecule has 166 valence electrons. The summed E-state index contributed by atoms with van der Waals surface area (Å²) < 4.78 is 29.3. The molecule has 0 radical (unpaired) electrons. The van der Waals surface area contributed by atoms with E-state index in [2.05, 4.69) is 10.3 Å². The molecule has 0 aliphatic rings. The van der Waals surface area contributed by atoms with Gasteiger partial charge >= 0.3 is 0 Å². The summed E-state index contributed by atoms with van der Waals surface area (Å²) in [6.45, 7) is 7.96. The molecule has 7 nitrogen and oxygen atoms in total. The lowest BCUT2D eigenvalue weighted by Crippen LogP contribution is -2.31. The molecule has 0 spiro atoms. The minimum Gasteiger partial charge on any atom is -0.325 e. The predicted molar refractivity (Wildman–Crippen MR) is 126 cm³/mol. The fourth-order valence-corrected chi connectivity index (χ4v) is 5.94. The largest absolute Gasteiger partial charge is 0.325 e. The number of nitrogens with zero attached hydrogens (tertiary/aromatic N) is 3. The minimum atomic E-state index is -3.62. The Bertz CT molecular complexity index is 1200. The number of benzene rings is 2. The standard InChI is InChI=1S/C22H28N4O3S2/c1-6-26(7-2)31(28,29)20-14-17(13-12-15(20)3)23-21(27)16(4)30-22-24-18-10-8-9-11-19(18)25(22)5/h8-14,16H,6-7H2,1-5H3,(H,23,27). The van der Waals surface area contributed by atoms with E-state index in [9.17, 15) is 13.2 Å². The van der Waals surface area contributed by atoms with E-state index in [4.69, 9.17) is 0 Å². The molecule has 0 saturated carbocycles. The number of sulfonamides is 1. The van der Waals surface area contributed by atoms with Gasteiger partial charge in [0.05, 0.1) is 21.2 Å². The summed E-state index contributed by atoms with van der Waals surface area (Å²) in [6, 6.07) is 12.8. The number of aromatic nitrogens is 2. The zero-order valence-electron chi connectivity index (χ0n) is 18.4. The van der Waals surface area contributed by atoms with Gasteiger partial charge in [0.1, 0.15) is 0 Å². The molecule has 1 N–H and O–H groups in total. The summed E-state index contributed by atoms with van der Waals surface area (Å²) >= 11 is 1.36. The van der Waals surface area contributed by atoms with Gasteiger partial charge in [0.15, 0.2) is 5.16 Å². The number of fused-ring (bicyclic) bond motifs is 1. The summed E-state index contributed by atoms with van der Waals surface area (Å²) in [6.07, 6.45) is 0. The summed E-state index contributed by atoms with van der Waals surface area (Å²) in [7, 11) is -1.69. The lowest BCUT2D eigenvalue weighted by molar-refractivity contribution is -0.115. The van der Waals surface area contributed by atoms with Gasteiger partial charge in [0.25, 0.3) is 0 Å². The molecule has 9 heteroatoms. The number of anilines is 1. The van der Waals surface area contributed by atoms with Gasteiger partial charge in [0, 0.05) is 25.8 Å². The summed E-state index contributed by atoms with van der Waals surface area (Å²) in [5, 5.41) is 3.18. The Kier molecular flexibility index (Phi) is 7.08. The molecule has 1 heterocycles. The zero-order valence-corrected chi connectivity index (χ0v) is 20.0. The van der Waals surface area contributed by atoms with Gasteiger partial charge in [-0.3, -0.25) is 4.79 Å². The third kappa shape index (κ3) is 4.78. The number of carbonyl (C=O) groups is 1. The molecule has 3 rings (SSSR count). The maximum atomic E-state index is 12.9. The number of aryl methyl sites for hydroxylation is 2. The number of para-hydroxylation sites is 2. The van der Waals surface area contributed by atoms with E-state index in [1.807, 2.05) is 49.7 Å². The predicted octanol–water partition coefficient (Wildman–Crippen LogP) is 4.03. The summed E-state index contributed by atoms with van der Waals surface area (Å²) in [5.74, 6) is -0.216. The molecule has 1 amide bonds. The first kappa shape index (κ1) is 23.3. The van der Waals surface area contributed by atoms with Crippen LogP contribution in [-0.2, 0) is 21.9 Å². The minimum absolute atomic E-state index is 0.213. The number of rotatable bonds is 8. The van der Waals surface area contributed by atoms with E-state index in [1.165, 1.54) is 22.1 Å².